The van der Waals surface area contributed by atoms with Gasteiger partial charge in [-0.1, -0.05) is 60.2 Å². The van der Waals surface area contributed by atoms with Gasteiger partial charge in [-0.2, -0.15) is 0 Å². The number of hydrogen-bond acceptors (Lipinski definition) is 2. The average Bonchev–Trinajstić information content (AvgIpc) is 2.54. The second-order valence-corrected chi connectivity index (χ2v) is 5.54. The van der Waals surface area contributed by atoms with E-state index < -0.39 is 0 Å². The first-order valence-electron chi connectivity index (χ1n) is 7.77. The Bertz CT molecular complexity index is 593. The molecule has 0 aliphatic carbocycles. The summed E-state index contributed by atoms with van der Waals surface area (Å²) in [5.41, 5.74) is 3.54. The summed E-state index contributed by atoms with van der Waals surface area (Å²) in [4.78, 5) is 12.0. The first kappa shape index (κ1) is 16.2. The van der Waals surface area contributed by atoms with Crippen molar-refractivity contribution in [1.29, 1.82) is 0 Å². The molecule has 3 heteroatoms. The summed E-state index contributed by atoms with van der Waals surface area (Å²) < 4.78 is 0. The summed E-state index contributed by atoms with van der Waals surface area (Å²) >= 11 is 0. The van der Waals surface area contributed by atoms with Gasteiger partial charge in [-0.3, -0.25) is 10.1 Å². The lowest BCUT2D eigenvalue weighted by Crippen LogP contribution is -2.43. The standard InChI is InChI=1S/C19H24N2O/c1-4-20-19(22)15(3)21-18(16-8-6-5-7-9-16)17-12-10-14(2)11-13-17/h5-13,15,18,21H,4H2,1-3H3,(H,20,22)/t15-,18-/m0/s1. The van der Waals surface area contributed by atoms with Gasteiger partial charge in [0.2, 0.25) is 5.91 Å². The lowest BCUT2D eigenvalue weighted by atomic mass is 9.97. The van der Waals surface area contributed by atoms with Crippen molar-refractivity contribution >= 4 is 5.91 Å². The smallest absolute Gasteiger partial charge is 0.236 e. The van der Waals surface area contributed by atoms with E-state index in [4.69, 9.17) is 0 Å². The summed E-state index contributed by atoms with van der Waals surface area (Å²) in [5, 5.41) is 6.30. The van der Waals surface area contributed by atoms with E-state index in [-0.39, 0.29) is 18.0 Å². The second-order valence-electron chi connectivity index (χ2n) is 5.54. The maximum absolute atomic E-state index is 12.0. The van der Waals surface area contributed by atoms with Crippen LogP contribution in [0.25, 0.3) is 0 Å². The first-order valence-corrected chi connectivity index (χ1v) is 7.77. The van der Waals surface area contributed by atoms with Crippen LogP contribution in [-0.4, -0.2) is 18.5 Å². The summed E-state index contributed by atoms with van der Waals surface area (Å²) in [6.45, 7) is 6.55. The molecule has 2 rings (SSSR count). The third kappa shape index (κ3) is 4.18. The van der Waals surface area contributed by atoms with Gasteiger partial charge >= 0.3 is 0 Å². The number of nitrogens with one attached hydrogen (secondary N) is 2. The van der Waals surface area contributed by atoms with Gasteiger partial charge in [-0.15, -0.1) is 0 Å². The molecule has 0 radical (unpaired) electrons. The SMILES string of the molecule is CCNC(=O)[C@H](C)N[C@@H](c1ccccc1)c1ccc(C)cc1. The highest BCUT2D eigenvalue weighted by Crippen LogP contribution is 2.23. The van der Waals surface area contributed by atoms with Crippen molar-refractivity contribution < 1.29 is 4.79 Å². The Hall–Kier alpha value is -2.13. The molecule has 0 aliphatic heterocycles. The minimum atomic E-state index is -0.258. The predicted octanol–water partition coefficient (Wildman–Crippen LogP) is 3.20. The van der Waals surface area contributed by atoms with Crippen molar-refractivity contribution in [3.05, 3.63) is 71.3 Å². The number of rotatable bonds is 6. The number of carbonyl (C=O) groups excluding carboxylic acids is 1. The molecule has 0 unspecified atom stereocenters. The van der Waals surface area contributed by atoms with E-state index in [0.717, 1.165) is 11.1 Å². The highest BCUT2D eigenvalue weighted by atomic mass is 16.2. The number of amides is 1. The van der Waals surface area contributed by atoms with Crippen molar-refractivity contribution in [2.45, 2.75) is 32.9 Å². The zero-order valence-corrected chi connectivity index (χ0v) is 13.5. The molecule has 0 heterocycles. The molecule has 2 N–H and O–H groups in total. The highest BCUT2D eigenvalue weighted by Gasteiger charge is 2.20. The summed E-state index contributed by atoms with van der Waals surface area (Å²) in [6, 6.07) is 18.4. The van der Waals surface area contributed by atoms with E-state index in [1.165, 1.54) is 5.56 Å². The number of hydrogen-bond donors (Lipinski definition) is 2. The topological polar surface area (TPSA) is 41.1 Å². The molecule has 0 aromatic heterocycles. The van der Waals surface area contributed by atoms with Crippen LogP contribution in [0.2, 0.25) is 0 Å². The Morgan fingerprint density at radius 2 is 1.59 bits per heavy atom. The molecule has 0 saturated heterocycles. The molecule has 2 atom stereocenters. The molecule has 0 aliphatic rings. The van der Waals surface area contributed by atoms with Crippen LogP contribution >= 0.6 is 0 Å². The van der Waals surface area contributed by atoms with Gasteiger partial charge in [0, 0.05) is 6.54 Å². The van der Waals surface area contributed by atoms with Crippen molar-refractivity contribution in [3.63, 3.8) is 0 Å². The van der Waals surface area contributed by atoms with Crippen LogP contribution in [0.15, 0.2) is 54.6 Å². The molecular formula is C19H24N2O. The first-order chi connectivity index (χ1) is 10.6. The van der Waals surface area contributed by atoms with Crippen LogP contribution in [0.1, 0.15) is 36.6 Å². The third-order valence-electron chi connectivity index (χ3n) is 3.70. The van der Waals surface area contributed by atoms with Gasteiger partial charge in [0.1, 0.15) is 0 Å². The van der Waals surface area contributed by atoms with Crippen molar-refractivity contribution in [2.75, 3.05) is 6.54 Å². The molecule has 1 amide bonds. The zero-order chi connectivity index (χ0) is 15.9. The van der Waals surface area contributed by atoms with Gasteiger partial charge < -0.3 is 5.32 Å². The normalized spacial score (nSPS) is 13.4. The number of carbonyl (C=O) groups is 1. The Morgan fingerprint density at radius 3 is 2.18 bits per heavy atom. The van der Waals surface area contributed by atoms with Gasteiger partial charge in [0.15, 0.2) is 0 Å². The van der Waals surface area contributed by atoms with Crippen molar-refractivity contribution in [2.24, 2.45) is 0 Å². The zero-order valence-electron chi connectivity index (χ0n) is 13.5. The minimum Gasteiger partial charge on any atom is -0.355 e. The number of benzene rings is 2. The number of aryl methyl sites for hydroxylation is 1. The predicted molar refractivity (Wildman–Crippen MR) is 90.7 cm³/mol. The minimum absolute atomic E-state index is 0.000550. The van der Waals surface area contributed by atoms with Crippen LogP contribution in [0.4, 0.5) is 0 Å². The Labute approximate surface area is 132 Å². The lowest BCUT2D eigenvalue weighted by Gasteiger charge is -2.24. The quantitative estimate of drug-likeness (QED) is 0.859. The molecule has 22 heavy (non-hydrogen) atoms. The Morgan fingerprint density at radius 1 is 1.00 bits per heavy atom. The Kier molecular flexibility index (Phi) is 5.73. The molecule has 0 bridgehead atoms. The fourth-order valence-electron chi connectivity index (χ4n) is 2.44. The van der Waals surface area contributed by atoms with Crippen LogP contribution < -0.4 is 10.6 Å². The number of likely N-dealkylation sites (N-methyl/N-ethyl adjacent to an activating group) is 1. The highest BCUT2D eigenvalue weighted by molar-refractivity contribution is 5.81. The van der Waals surface area contributed by atoms with Crippen LogP contribution in [0.3, 0.4) is 0 Å². The van der Waals surface area contributed by atoms with Gasteiger partial charge in [-0.05, 0) is 31.9 Å². The van der Waals surface area contributed by atoms with Crippen molar-refractivity contribution in [1.82, 2.24) is 10.6 Å². The molecule has 0 saturated carbocycles. The molecular weight excluding hydrogens is 272 g/mol. The van der Waals surface area contributed by atoms with Crippen molar-refractivity contribution in [3.8, 4) is 0 Å². The maximum Gasteiger partial charge on any atom is 0.236 e. The molecule has 116 valence electrons. The van der Waals surface area contributed by atoms with E-state index in [1.807, 2.05) is 32.0 Å². The summed E-state index contributed by atoms with van der Waals surface area (Å²) in [5.74, 6) is 0.0237. The molecule has 3 nitrogen and oxygen atoms in total. The van der Waals surface area contributed by atoms with Gasteiger partial charge in [0.05, 0.1) is 12.1 Å². The maximum atomic E-state index is 12.0. The van der Waals surface area contributed by atoms with E-state index >= 15 is 0 Å². The summed E-state index contributed by atoms with van der Waals surface area (Å²) in [6.07, 6.45) is 0. The van der Waals surface area contributed by atoms with E-state index in [0.29, 0.717) is 6.54 Å². The fourth-order valence-corrected chi connectivity index (χ4v) is 2.44. The largest absolute Gasteiger partial charge is 0.355 e. The second kappa shape index (κ2) is 7.76. The third-order valence-corrected chi connectivity index (χ3v) is 3.70. The summed E-state index contributed by atoms with van der Waals surface area (Å²) in [7, 11) is 0. The van der Waals surface area contributed by atoms with Crippen LogP contribution in [-0.2, 0) is 4.79 Å². The van der Waals surface area contributed by atoms with Crippen LogP contribution in [0, 0.1) is 6.92 Å². The fraction of sp³-hybridized carbons (Fsp3) is 0.316. The average molecular weight is 296 g/mol. The van der Waals surface area contributed by atoms with Gasteiger partial charge in [0.25, 0.3) is 0 Å². The van der Waals surface area contributed by atoms with E-state index in [1.54, 1.807) is 0 Å². The molecule has 2 aromatic carbocycles. The molecule has 2 aromatic rings. The van der Waals surface area contributed by atoms with Crippen LogP contribution in [0.5, 0.6) is 0 Å². The van der Waals surface area contributed by atoms with Gasteiger partial charge in [-0.25, -0.2) is 0 Å². The van der Waals surface area contributed by atoms with E-state index in [9.17, 15) is 4.79 Å². The lowest BCUT2D eigenvalue weighted by molar-refractivity contribution is -0.122. The monoisotopic (exact) mass is 296 g/mol. The van der Waals surface area contributed by atoms with E-state index in [2.05, 4.69) is 54.0 Å². The molecule has 0 spiro atoms. The Balaban J connectivity index is 2.26. The molecule has 0 fully saturated rings.